The van der Waals surface area contributed by atoms with Crippen molar-refractivity contribution in [2.24, 2.45) is 5.92 Å². The Bertz CT molecular complexity index is 4140. The van der Waals surface area contributed by atoms with Gasteiger partial charge in [0, 0.05) is 52.3 Å². The average Bonchev–Trinajstić information content (AvgIpc) is 1.53. The van der Waals surface area contributed by atoms with Gasteiger partial charge < -0.3 is 14.9 Å². The monoisotopic (exact) mass is 1280 g/mol. The molecule has 3 atom stereocenters. The van der Waals surface area contributed by atoms with E-state index >= 15 is 8.78 Å². The van der Waals surface area contributed by atoms with E-state index in [0.717, 1.165) is 54.8 Å². The number of fused-ring (bicyclic) bond motifs is 4. The molecule has 1 fully saturated rings. The lowest BCUT2D eigenvalue weighted by atomic mass is 9.78. The number of sulfonamides is 1. The van der Waals surface area contributed by atoms with Crippen molar-refractivity contribution >= 4 is 73.8 Å². The zero-order valence-corrected chi connectivity index (χ0v) is 48.4. The lowest BCUT2D eigenvalue weighted by Gasteiger charge is -2.31. The number of hydrogen-bond acceptors (Lipinski definition) is 12. The molecule has 2 aliphatic carbocycles. The Morgan fingerprint density at radius 3 is 2.12 bits per heavy atom. The Balaban J connectivity index is 1.35. The van der Waals surface area contributed by atoms with Crippen molar-refractivity contribution in [3.8, 4) is 28.7 Å². The SMILES string of the molecule is Cc1cc(C(=O)O)cc(OP(=O)(O)O)c1C(C)(C)CC(=O)N(c1nn(CC(F)(F)F)c2c(-c3ccc(C#CC(C)(C)S(C)(=O)=O)nc3[C@H](Cc3cc(F)cc(F)c3)NC(=O)Cn3nc(C(F)(F)F)c4c3C(F)(F)[C@@H]3C[C@H]43)ccc(Cl)c12)S(C)(=O)=O. The van der Waals surface area contributed by atoms with Gasteiger partial charge in [0.15, 0.2) is 21.3 Å². The summed E-state index contributed by atoms with van der Waals surface area (Å²) in [5.74, 6) is -10.3. The van der Waals surface area contributed by atoms with Gasteiger partial charge >= 0.3 is 26.1 Å². The molecule has 6 aromatic rings. The van der Waals surface area contributed by atoms with Crippen LogP contribution in [0.15, 0.2) is 54.6 Å². The smallest absolute Gasteiger partial charge is 0.478 e. The highest BCUT2D eigenvalue weighted by Gasteiger charge is 2.68. The Morgan fingerprint density at radius 1 is 0.929 bits per heavy atom. The number of rotatable bonds is 17. The average molecular weight is 1280 g/mol. The van der Waals surface area contributed by atoms with Crippen molar-refractivity contribution in [1.82, 2.24) is 29.9 Å². The number of pyridine rings is 1. The minimum absolute atomic E-state index is 0.0177. The Hall–Kier alpha value is -7.10. The van der Waals surface area contributed by atoms with Crippen molar-refractivity contribution in [2.45, 2.75) is 107 Å². The number of carboxylic acid groups (broad SMARTS) is 1. The number of aromatic carboxylic acids is 1. The maximum Gasteiger partial charge on any atom is 0.524 e. The summed E-state index contributed by atoms with van der Waals surface area (Å²) in [4.78, 5) is 65.1. The summed E-state index contributed by atoms with van der Waals surface area (Å²) in [6.07, 6.45) is -11.3. The molecule has 2 aliphatic rings. The number of carbonyl (C=O) groups is 3. The Labute approximate surface area is 481 Å². The zero-order chi connectivity index (χ0) is 63.4. The lowest BCUT2D eigenvalue weighted by Crippen LogP contribution is -2.40. The van der Waals surface area contributed by atoms with Gasteiger partial charge in [-0.1, -0.05) is 37.4 Å². The number of hydrogen-bond donors (Lipinski definition) is 4. The first-order valence-electron chi connectivity index (χ1n) is 24.8. The van der Waals surface area contributed by atoms with Crippen LogP contribution in [-0.4, -0.2) is 97.5 Å². The molecule has 2 amide bonds. The van der Waals surface area contributed by atoms with E-state index in [1.807, 2.05) is 0 Å². The highest BCUT2D eigenvalue weighted by atomic mass is 35.5. The van der Waals surface area contributed by atoms with Gasteiger partial charge in [-0.15, -0.1) is 0 Å². The van der Waals surface area contributed by atoms with Crippen LogP contribution in [-0.2, 0) is 71.0 Å². The van der Waals surface area contributed by atoms with Gasteiger partial charge in [-0.2, -0.15) is 49.6 Å². The van der Waals surface area contributed by atoms with Crippen molar-refractivity contribution in [2.75, 3.05) is 16.8 Å². The largest absolute Gasteiger partial charge is 0.524 e. The molecule has 19 nitrogen and oxygen atoms in total. The highest BCUT2D eigenvalue weighted by molar-refractivity contribution is 7.93. The van der Waals surface area contributed by atoms with Gasteiger partial charge in [0.1, 0.15) is 46.6 Å². The molecule has 3 aromatic heterocycles. The molecule has 0 spiro atoms. The molecule has 0 aliphatic heterocycles. The summed E-state index contributed by atoms with van der Waals surface area (Å²) in [6.45, 7) is 2.73. The second kappa shape index (κ2) is 21.7. The number of aromatic nitrogens is 5. The third-order valence-electron chi connectivity index (χ3n) is 14.1. The number of anilines is 1. The maximum atomic E-state index is 15.7. The first-order valence-corrected chi connectivity index (χ1v) is 30.4. The Morgan fingerprint density at radius 2 is 1.55 bits per heavy atom. The molecular formula is C52H47ClF10N7O12PS2. The van der Waals surface area contributed by atoms with Crippen LogP contribution in [0.1, 0.15) is 108 Å². The molecule has 33 heteroatoms. The van der Waals surface area contributed by atoms with Crippen LogP contribution < -0.4 is 14.1 Å². The number of carboxylic acids is 1. The van der Waals surface area contributed by atoms with Crippen LogP contribution in [0, 0.1) is 36.3 Å². The molecular weight excluding hydrogens is 1240 g/mol. The van der Waals surface area contributed by atoms with E-state index in [-0.39, 0.29) is 42.5 Å². The van der Waals surface area contributed by atoms with Gasteiger partial charge in [0.05, 0.1) is 39.5 Å². The number of amides is 2. The number of nitrogens with one attached hydrogen (secondary N) is 1. The van der Waals surface area contributed by atoms with Crippen molar-refractivity contribution in [3.63, 3.8) is 0 Å². The van der Waals surface area contributed by atoms with Crippen LogP contribution in [0.5, 0.6) is 5.75 Å². The van der Waals surface area contributed by atoms with Gasteiger partial charge in [-0.25, -0.2) is 40.0 Å². The summed E-state index contributed by atoms with van der Waals surface area (Å²) in [7, 11) is -14.5. The number of phosphoric ester groups is 1. The number of aryl methyl sites for hydroxylation is 1. The van der Waals surface area contributed by atoms with Gasteiger partial charge in [0.2, 0.25) is 21.8 Å². The van der Waals surface area contributed by atoms with Crippen LogP contribution in [0.4, 0.5) is 49.7 Å². The first kappa shape index (κ1) is 63.9. The lowest BCUT2D eigenvalue weighted by molar-refractivity contribution is -0.143. The molecule has 3 heterocycles. The molecule has 456 valence electrons. The minimum Gasteiger partial charge on any atom is -0.478 e. The number of alkyl halides is 8. The predicted molar refractivity (Wildman–Crippen MR) is 284 cm³/mol. The number of sulfone groups is 1. The molecule has 0 unspecified atom stereocenters. The van der Waals surface area contributed by atoms with E-state index in [4.69, 9.17) is 16.1 Å². The second-order valence-corrected chi connectivity index (χ2v) is 27.5. The first-order chi connectivity index (χ1) is 38.8. The molecule has 1 saturated carbocycles. The van der Waals surface area contributed by atoms with Gasteiger partial charge in [-0.3, -0.25) is 28.7 Å². The third-order valence-corrected chi connectivity index (χ3v) is 17.8. The van der Waals surface area contributed by atoms with Crippen LogP contribution >= 0.6 is 19.4 Å². The molecule has 3 aromatic carbocycles. The van der Waals surface area contributed by atoms with E-state index in [1.54, 1.807) is 0 Å². The van der Waals surface area contributed by atoms with Gasteiger partial charge in [-0.05, 0) is 99.0 Å². The number of halogens is 11. The van der Waals surface area contributed by atoms with Crippen molar-refractivity contribution < 1.29 is 99.1 Å². The molecule has 0 bridgehead atoms. The predicted octanol–water partition coefficient (Wildman–Crippen LogP) is 9.43. The summed E-state index contributed by atoms with van der Waals surface area (Å²) in [5, 5.41) is 18.2. The number of nitrogens with zero attached hydrogens (tertiary/aromatic N) is 6. The zero-order valence-electron chi connectivity index (χ0n) is 45.1. The highest BCUT2D eigenvalue weighted by Crippen LogP contribution is 2.68. The van der Waals surface area contributed by atoms with Crippen molar-refractivity contribution in [3.05, 3.63) is 122 Å². The fraction of sp³-hybridized carbons (Fsp3) is 0.385. The van der Waals surface area contributed by atoms with Crippen LogP contribution in [0.3, 0.4) is 0 Å². The summed E-state index contributed by atoms with van der Waals surface area (Å²) < 4.78 is 218. The quantitative estimate of drug-likeness (QED) is 0.0376. The minimum atomic E-state index is -5.49. The maximum absolute atomic E-state index is 15.7. The van der Waals surface area contributed by atoms with Crippen LogP contribution in [0.25, 0.3) is 22.0 Å². The van der Waals surface area contributed by atoms with E-state index in [2.05, 4.69) is 32.3 Å². The fourth-order valence-electron chi connectivity index (χ4n) is 10.3. The third kappa shape index (κ3) is 13.2. The topological polar surface area (TPSA) is 270 Å². The molecule has 4 N–H and O–H groups in total. The van der Waals surface area contributed by atoms with E-state index in [1.165, 1.54) is 34.6 Å². The van der Waals surface area contributed by atoms with Crippen LogP contribution in [0.2, 0.25) is 5.02 Å². The van der Waals surface area contributed by atoms with E-state index in [9.17, 15) is 85.8 Å². The summed E-state index contributed by atoms with van der Waals surface area (Å²) >= 11 is 6.76. The molecule has 8 rings (SSSR count). The summed E-state index contributed by atoms with van der Waals surface area (Å²) in [6, 6.07) is 6.11. The molecule has 85 heavy (non-hydrogen) atoms. The molecule has 0 radical (unpaired) electrons. The molecule has 0 saturated heterocycles. The number of carbonyl (C=O) groups excluding carboxylic acids is 2. The van der Waals surface area contributed by atoms with Crippen molar-refractivity contribution in [1.29, 1.82) is 0 Å². The Kier molecular flexibility index (Phi) is 16.3. The van der Waals surface area contributed by atoms with E-state index in [0.29, 0.717) is 12.3 Å². The number of phosphoric acid groups is 1. The van der Waals surface area contributed by atoms with E-state index < -0.39 is 196 Å². The standard InChI is InChI=1S/C52H47ClF10N7O12PS2/c1-24-14-26(47(73)74)18-36(82-83(75,76)77)41(24)48(2,3)21-38(72)70(85(7,80)81)46-40-34(53)11-10-31(43(40)69(67-46)23-50(56,57)58)30-9-8-29(12-13-49(4,5)84(6,78)79)64-42(30)35(17-25-15-27(54)19-28(55)16-25)65-37(71)22-68-45-39(44(66-68)52(61,62)63)32-20-33(32)51(45,59)60/h8-11,14-16,18-19,32-33,35H,17,20-23H2,1-7H3,(H,65,71)(H,73,74)(H2,75,76,77)/t32-,33+,35-/m0/s1. The normalized spacial score (nSPS) is 16.5. The summed E-state index contributed by atoms with van der Waals surface area (Å²) in [5.41, 5.74) is -9.14. The fourth-order valence-corrected chi connectivity index (χ4v) is 12.1. The number of benzene rings is 3. The van der Waals surface area contributed by atoms with Gasteiger partial charge in [0.25, 0.3) is 5.92 Å². The second-order valence-electron chi connectivity index (χ2n) is 21.6.